The summed E-state index contributed by atoms with van der Waals surface area (Å²) in [5.41, 5.74) is 1.55. The van der Waals surface area contributed by atoms with E-state index in [2.05, 4.69) is 104 Å². The van der Waals surface area contributed by atoms with E-state index in [0.29, 0.717) is 16.2 Å². The van der Waals surface area contributed by atoms with Gasteiger partial charge in [0.2, 0.25) is 0 Å². The summed E-state index contributed by atoms with van der Waals surface area (Å²) in [4.78, 5) is 0. The molecule has 0 saturated carbocycles. The molecule has 0 N–H and O–H groups in total. The van der Waals surface area contributed by atoms with Crippen molar-refractivity contribution >= 4 is 0 Å². The highest BCUT2D eigenvalue weighted by Gasteiger charge is 2.17. The Labute approximate surface area is 157 Å². The largest absolute Gasteiger partial charge is 0.0651 e. The standard InChI is InChI=1S/3C8H18/c2*1-7(2)6-8(3,4)5;1-6-7(2)8(3,4)5/h3*7H,6H2,1-5H3. The van der Waals surface area contributed by atoms with Crippen molar-refractivity contribution in [2.75, 3.05) is 0 Å². The lowest BCUT2D eigenvalue weighted by atomic mass is 9.81. The van der Waals surface area contributed by atoms with Gasteiger partial charge in [-0.1, -0.05) is 110 Å². The fourth-order valence-electron chi connectivity index (χ4n) is 3.06. The van der Waals surface area contributed by atoms with Crippen LogP contribution in [-0.4, -0.2) is 0 Å². The normalized spacial score (nSPS) is 13.9. The minimum atomic E-state index is 0.509. The quantitative estimate of drug-likeness (QED) is 0.479. The molecule has 0 aliphatic heterocycles. The molecule has 0 rings (SSSR count). The molecule has 0 heterocycles. The van der Waals surface area contributed by atoms with Gasteiger partial charge in [-0.15, -0.1) is 0 Å². The number of hydrogen-bond donors (Lipinski definition) is 0. The van der Waals surface area contributed by atoms with Crippen molar-refractivity contribution in [1.29, 1.82) is 0 Å². The summed E-state index contributed by atoms with van der Waals surface area (Å²) < 4.78 is 0. The first-order chi connectivity index (χ1) is 10.3. The van der Waals surface area contributed by atoms with Gasteiger partial charge in [-0.05, 0) is 46.8 Å². The third kappa shape index (κ3) is 29.9. The molecule has 0 amide bonds. The second kappa shape index (κ2) is 12.4. The fourth-order valence-corrected chi connectivity index (χ4v) is 3.06. The number of hydrogen-bond acceptors (Lipinski definition) is 0. The maximum absolute atomic E-state index is 2.31. The second-order valence-corrected chi connectivity index (χ2v) is 12.0. The van der Waals surface area contributed by atoms with Crippen LogP contribution in [0, 0.1) is 34.0 Å². The SMILES string of the molecule is CC(C)CC(C)(C)C.CC(C)CC(C)(C)C.CCC(C)C(C)(C)C. The van der Waals surface area contributed by atoms with Gasteiger partial charge in [0.25, 0.3) is 0 Å². The second-order valence-electron chi connectivity index (χ2n) is 12.0. The zero-order valence-corrected chi connectivity index (χ0v) is 20.4. The molecular formula is C24H54. The predicted molar refractivity (Wildman–Crippen MR) is 117 cm³/mol. The van der Waals surface area contributed by atoms with Gasteiger partial charge in [-0.25, -0.2) is 0 Å². The van der Waals surface area contributed by atoms with Crippen molar-refractivity contribution in [3.8, 4) is 0 Å². The molecule has 0 fully saturated rings. The van der Waals surface area contributed by atoms with E-state index in [-0.39, 0.29) is 0 Å². The van der Waals surface area contributed by atoms with Crippen LogP contribution in [0.15, 0.2) is 0 Å². The zero-order valence-electron chi connectivity index (χ0n) is 20.4. The summed E-state index contributed by atoms with van der Waals surface area (Å²) in [6.07, 6.45) is 3.95. The molecule has 1 unspecified atom stereocenters. The van der Waals surface area contributed by atoms with Crippen LogP contribution in [0.25, 0.3) is 0 Å². The van der Waals surface area contributed by atoms with Gasteiger partial charge in [0, 0.05) is 0 Å². The van der Waals surface area contributed by atoms with Crippen LogP contribution in [0.4, 0.5) is 0 Å². The van der Waals surface area contributed by atoms with E-state index in [1.807, 2.05) is 0 Å². The van der Waals surface area contributed by atoms with Crippen molar-refractivity contribution in [2.24, 2.45) is 34.0 Å². The molecule has 24 heavy (non-hydrogen) atoms. The molecule has 1 atom stereocenters. The summed E-state index contributed by atoms with van der Waals surface area (Å²) in [7, 11) is 0. The third-order valence-electron chi connectivity index (χ3n) is 4.13. The van der Waals surface area contributed by atoms with Gasteiger partial charge in [-0.3, -0.25) is 0 Å². The maximum Gasteiger partial charge on any atom is -0.0357 e. The van der Waals surface area contributed by atoms with Crippen molar-refractivity contribution < 1.29 is 0 Å². The average Bonchev–Trinajstić information content (AvgIpc) is 2.20. The molecule has 0 aromatic carbocycles. The van der Waals surface area contributed by atoms with Crippen molar-refractivity contribution in [2.45, 2.75) is 123 Å². The zero-order chi connectivity index (χ0) is 20.4. The van der Waals surface area contributed by atoms with Crippen LogP contribution in [0.5, 0.6) is 0 Å². The smallest absolute Gasteiger partial charge is 0.0357 e. The van der Waals surface area contributed by atoms with Gasteiger partial charge < -0.3 is 0 Å². The lowest BCUT2D eigenvalue weighted by Gasteiger charge is -2.25. The molecule has 0 radical (unpaired) electrons. The minimum absolute atomic E-state index is 0.509. The van der Waals surface area contributed by atoms with Crippen molar-refractivity contribution in [3.05, 3.63) is 0 Å². The van der Waals surface area contributed by atoms with E-state index in [0.717, 1.165) is 17.8 Å². The molecule has 0 nitrogen and oxygen atoms in total. The molecule has 0 bridgehead atoms. The molecule has 0 aliphatic carbocycles. The summed E-state index contributed by atoms with van der Waals surface area (Å²) in [5.74, 6) is 2.53. The molecule has 0 aliphatic rings. The van der Waals surface area contributed by atoms with Crippen LogP contribution in [0.3, 0.4) is 0 Å². The maximum atomic E-state index is 2.31. The van der Waals surface area contributed by atoms with Crippen molar-refractivity contribution in [1.82, 2.24) is 0 Å². The van der Waals surface area contributed by atoms with E-state index < -0.39 is 0 Å². The summed E-state index contributed by atoms with van der Waals surface area (Å²) >= 11 is 0. The monoisotopic (exact) mass is 342 g/mol. The Hall–Kier alpha value is 0. The van der Waals surface area contributed by atoms with E-state index in [1.54, 1.807) is 0 Å². The first-order valence-electron chi connectivity index (χ1n) is 10.3. The van der Waals surface area contributed by atoms with Crippen LogP contribution >= 0.6 is 0 Å². The first-order valence-corrected chi connectivity index (χ1v) is 10.3. The van der Waals surface area contributed by atoms with Crippen LogP contribution < -0.4 is 0 Å². The summed E-state index contributed by atoms with van der Waals surface area (Å²) in [6.45, 7) is 34.2. The Kier molecular flexibility index (Phi) is 14.8. The van der Waals surface area contributed by atoms with Gasteiger partial charge in [0.1, 0.15) is 0 Å². The highest BCUT2D eigenvalue weighted by Crippen LogP contribution is 2.27. The Balaban J connectivity index is -0.000000276. The summed E-state index contributed by atoms with van der Waals surface area (Å²) in [5, 5.41) is 0. The molecule has 0 saturated heterocycles. The predicted octanol–water partition coefficient (Wildman–Crippen LogP) is 9.24. The van der Waals surface area contributed by atoms with E-state index in [1.165, 1.54) is 19.3 Å². The molecule has 0 aromatic heterocycles. The molecule has 0 heteroatoms. The number of rotatable bonds is 3. The third-order valence-corrected chi connectivity index (χ3v) is 4.13. The van der Waals surface area contributed by atoms with E-state index in [4.69, 9.17) is 0 Å². The Morgan fingerprint density at radius 3 is 0.792 bits per heavy atom. The van der Waals surface area contributed by atoms with Crippen LogP contribution in [-0.2, 0) is 0 Å². The Bertz CT molecular complexity index is 242. The lowest BCUT2D eigenvalue weighted by molar-refractivity contribution is 0.254. The molecule has 0 aromatic rings. The van der Waals surface area contributed by atoms with Gasteiger partial charge in [0.05, 0.1) is 0 Å². The molecule has 150 valence electrons. The summed E-state index contributed by atoms with van der Waals surface area (Å²) in [6, 6.07) is 0. The topological polar surface area (TPSA) is 0 Å². The van der Waals surface area contributed by atoms with Crippen LogP contribution in [0.1, 0.15) is 123 Å². The molecular weight excluding hydrogens is 288 g/mol. The van der Waals surface area contributed by atoms with Gasteiger partial charge in [0.15, 0.2) is 0 Å². The Morgan fingerprint density at radius 1 is 0.542 bits per heavy atom. The van der Waals surface area contributed by atoms with Crippen LogP contribution in [0.2, 0.25) is 0 Å². The van der Waals surface area contributed by atoms with Gasteiger partial charge in [-0.2, -0.15) is 0 Å². The molecule has 0 spiro atoms. The van der Waals surface area contributed by atoms with E-state index >= 15 is 0 Å². The fraction of sp³-hybridized carbons (Fsp3) is 1.00. The minimum Gasteiger partial charge on any atom is -0.0651 e. The van der Waals surface area contributed by atoms with Gasteiger partial charge >= 0.3 is 0 Å². The highest BCUT2D eigenvalue weighted by molar-refractivity contribution is 4.67. The average molecular weight is 343 g/mol. The lowest BCUT2D eigenvalue weighted by Crippen LogP contribution is -2.15. The van der Waals surface area contributed by atoms with Crippen molar-refractivity contribution in [3.63, 3.8) is 0 Å². The Morgan fingerprint density at radius 2 is 0.792 bits per heavy atom. The van der Waals surface area contributed by atoms with E-state index in [9.17, 15) is 0 Å². The first kappa shape index (κ1) is 28.8. The highest BCUT2D eigenvalue weighted by atomic mass is 14.2.